The first kappa shape index (κ1) is 18.9. The van der Waals surface area contributed by atoms with E-state index in [1.165, 1.54) is 24.5 Å². The van der Waals surface area contributed by atoms with E-state index in [0.717, 1.165) is 6.92 Å². The maximum Gasteiger partial charge on any atom is 0.317 e. The number of aliphatic hydroxyl groups excluding tert-OH is 1. The minimum atomic E-state index is -3.05. The molecule has 0 aliphatic rings. The van der Waals surface area contributed by atoms with Crippen molar-refractivity contribution in [3.05, 3.63) is 58.6 Å². The SMILES string of the molecule is CC(F)(F)c1cc(N/C=C(\N)COc2nccc(CO)n2)ccc1Cl. The molecule has 1 heterocycles. The third-order valence-electron chi connectivity index (χ3n) is 3.08. The number of anilines is 1. The molecule has 1 aromatic carbocycles. The van der Waals surface area contributed by atoms with Crippen molar-refractivity contribution in [3.8, 4) is 6.01 Å². The van der Waals surface area contributed by atoms with Gasteiger partial charge in [0.1, 0.15) is 6.61 Å². The van der Waals surface area contributed by atoms with Crippen LogP contribution in [0.15, 0.2) is 42.4 Å². The van der Waals surface area contributed by atoms with Gasteiger partial charge in [-0.05, 0) is 24.3 Å². The molecule has 0 spiro atoms. The van der Waals surface area contributed by atoms with Crippen LogP contribution in [0.1, 0.15) is 18.2 Å². The van der Waals surface area contributed by atoms with Crippen molar-refractivity contribution in [1.29, 1.82) is 0 Å². The fraction of sp³-hybridized carbons (Fsp3) is 0.250. The zero-order valence-corrected chi connectivity index (χ0v) is 14.1. The minimum Gasteiger partial charge on any atom is -0.457 e. The Kier molecular flexibility index (Phi) is 6.11. The predicted molar refractivity (Wildman–Crippen MR) is 90.4 cm³/mol. The second-order valence-electron chi connectivity index (χ2n) is 5.22. The van der Waals surface area contributed by atoms with Gasteiger partial charge < -0.3 is 20.9 Å². The van der Waals surface area contributed by atoms with Gasteiger partial charge in [-0.25, -0.2) is 13.8 Å². The van der Waals surface area contributed by atoms with E-state index in [2.05, 4.69) is 15.3 Å². The zero-order chi connectivity index (χ0) is 18.4. The summed E-state index contributed by atoms with van der Waals surface area (Å²) >= 11 is 5.79. The number of hydrogen-bond acceptors (Lipinski definition) is 6. The van der Waals surface area contributed by atoms with Gasteiger partial charge >= 0.3 is 6.01 Å². The Bertz CT molecular complexity index is 766. The molecule has 6 nitrogen and oxygen atoms in total. The Hall–Kier alpha value is -2.45. The van der Waals surface area contributed by atoms with Crippen LogP contribution in [0.2, 0.25) is 5.02 Å². The maximum absolute atomic E-state index is 13.5. The third-order valence-corrected chi connectivity index (χ3v) is 3.41. The largest absolute Gasteiger partial charge is 0.457 e. The van der Waals surface area contributed by atoms with E-state index in [4.69, 9.17) is 27.2 Å². The molecule has 0 amide bonds. The van der Waals surface area contributed by atoms with E-state index >= 15 is 0 Å². The standard InChI is InChI=1S/C16H17ClF2N4O2/c1-16(18,19)13-6-11(2-3-14(13)17)22-7-10(20)9-25-15-21-5-4-12(8-24)23-15/h2-7,22,24H,8-9,20H2,1H3/b10-7-. The molecular formula is C16H17ClF2N4O2. The van der Waals surface area contributed by atoms with Gasteiger partial charge in [0, 0.05) is 35.6 Å². The van der Waals surface area contributed by atoms with Crippen molar-refractivity contribution >= 4 is 17.3 Å². The lowest BCUT2D eigenvalue weighted by Crippen LogP contribution is -2.13. The van der Waals surface area contributed by atoms with E-state index in [9.17, 15) is 8.78 Å². The van der Waals surface area contributed by atoms with Gasteiger partial charge in [-0.15, -0.1) is 0 Å². The second-order valence-corrected chi connectivity index (χ2v) is 5.63. The summed E-state index contributed by atoms with van der Waals surface area (Å²) in [7, 11) is 0. The van der Waals surface area contributed by atoms with Gasteiger partial charge in [-0.2, -0.15) is 4.98 Å². The summed E-state index contributed by atoms with van der Waals surface area (Å²) in [5, 5.41) is 11.8. The van der Waals surface area contributed by atoms with Crippen LogP contribution in [-0.4, -0.2) is 21.7 Å². The van der Waals surface area contributed by atoms with Crippen molar-refractivity contribution in [2.24, 2.45) is 5.73 Å². The Balaban J connectivity index is 1.99. The predicted octanol–water partition coefficient (Wildman–Crippen LogP) is 3.03. The third kappa shape index (κ3) is 5.54. The first-order valence-corrected chi connectivity index (χ1v) is 7.62. The van der Waals surface area contributed by atoms with Gasteiger partial charge in [0.05, 0.1) is 18.0 Å². The monoisotopic (exact) mass is 370 g/mol. The highest BCUT2D eigenvalue weighted by Crippen LogP contribution is 2.34. The molecule has 4 N–H and O–H groups in total. The van der Waals surface area contributed by atoms with Crippen LogP contribution in [0, 0.1) is 0 Å². The summed E-state index contributed by atoms with van der Waals surface area (Å²) in [5.41, 5.74) is 6.62. The minimum absolute atomic E-state index is 0.0146. The van der Waals surface area contributed by atoms with Crippen LogP contribution in [0.3, 0.4) is 0 Å². The molecule has 1 aromatic heterocycles. The van der Waals surface area contributed by atoms with E-state index in [-0.39, 0.29) is 35.5 Å². The van der Waals surface area contributed by atoms with Crippen molar-refractivity contribution in [3.63, 3.8) is 0 Å². The summed E-state index contributed by atoms with van der Waals surface area (Å²) in [6.45, 7) is 0.523. The average Bonchev–Trinajstić information content (AvgIpc) is 2.58. The Labute approximate surface area is 148 Å². The molecular weight excluding hydrogens is 354 g/mol. The fourth-order valence-electron chi connectivity index (χ4n) is 1.85. The topological polar surface area (TPSA) is 93.3 Å². The molecule has 2 aromatic rings. The van der Waals surface area contributed by atoms with Crippen LogP contribution >= 0.6 is 11.6 Å². The number of alkyl halides is 2. The van der Waals surface area contributed by atoms with E-state index in [1.807, 2.05) is 0 Å². The highest BCUT2D eigenvalue weighted by molar-refractivity contribution is 6.31. The van der Waals surface area contributed by atoms with E-state index in [0.29, 0.717) is 11.4 Å². The molecule has 0 unspecified atom stereocenters. The van der Waals surface area contributed by atoms with Crippen molar-refractivity contribution in [1.82, 2.24) is 9.97 Å². The smallest absolute Gasteiger partial charge is 0.317 e. The lowest BCUT2D eigenvalue weighted by atomic mass is 10.1. The number of benzene rings is 1. The van der Waals surface area contributed by atoms with Gasteiger partial charge in [0.15, 0.2) is 0 Å². The number of aromatic nitrogens is 2. The molecule has 134 valence electrons. The number of nitrogens with two attached hydrogens (primary N) is 1. The first-order chi connectivity index (χ1) is 11.8. The molecule has 0 atom stereocenters. The van der Waals surface area contributed by atoms with Crippen molar-refractivity contribution < 1.29 is 18.6 Å². The van der Waals surface area contributed by atoms with Crippen LogP contribution in [0.4, 0.5) is 14.5 Å². The molecule has 0 aliphatic carbocycles. The molecule has 0 saturated carbocycles. The molecule has 0 saturated heterocycles. The lowest BCUT2D eigenvalue weighted by molar-refractivity contribution is 0.0176. The Morgan fingerprint density at radius 1 is 1.44 bits per heavy atom. The number of rotatable bonds is 7. The number of nitrogens with zero attached hydrogens (tertiary/aromatic N) is 2. The summed E-state index contributed by atoms with van der Waals surface area (Å²) in [6, 6.07) is 5.81. The van der Waals surface area contributed by atoms with Crippen molar-refractivity contribution in [2.45, 2.75) is 19.5 Å². The van der Waals surface area contributed by atoms with Crippen LogP contribution in [0.5, 0.6) is 6.01 Å². The Morgan fingerprint density at radius 2 is 2.20 bits per heavy atom. The first-order valence-electron chi connectivity index (χ1n) is 7.24. The second kappa shape index (κ2) is 8.09. The molecule has 2 rings (SSSR count). The van der Waals surface area contributed by atoms with Crippen LogP contribution in [-0.2, 0) is 12.5 Å². The number of ether oxygens (including phenoxy) is 1. The normalized spacial score (nSPS) is 12.1. The van der Waals surface area contributed by atoms with Gasteiger partial charge in [0.25, 0.3) is 5.92 Å². The molecule has 25 heavy (non-hydrogen) atoms. The summed E-state index contributed by atoms with van der Waals surface area (Å²) in [6.07, 6.45) is 2.86. The average molecular weight is 371 g/mol. The van der Waals surface area contributed by atoms with Crippen molar-refractivity contribution in [2.75, 3.05) is 11.9 Å². The zero-order valence-electron chi connectivity index (χ0n) is 13.3. The maximum atomic E-state index is 13.5. The highest BCUT2D eigenvalue weighted by atomic mass is 35.5. The quantitative estimate of drug-likeness (QED) is 0.693. The number of nitrogens with one attached hydrogen (secondary N) is 1. The van der Waals surface area contributed by atoms with E-state index < -0.39 is 5.92 Å². The van der Waals surface area contributed by atoms with Crippen LogP contribution < -0.4 is 15.8 Å². The lowest BCUT2D eigenvalue weighted by Gasteiger charge is -2.14. The number of halogens is 3. The molecule has 0 fully saturated rings. The summed E-state index contributed by atoms with van der Waals surface area (Å²) in [5.74, 6) is -3.05. The van der Waals surface area contributed by atoms with E-state index in [1.54, 1.807) is 12.1 Å². The fourth-order valence-corrected chi connectivity index (χ4v) is 2.13. The summed E-state index contributed by atoms with van der Waals surface area (Å²) in [4.78, 5) is 7.83. The molecule has 9 heteroatoms. The summed E-state index contributed by atoms with van der Waals surface area (Å²) < 4.78 is 32.2. The van der Waals surface area contributed by atoms with Crippen LogP contribution in [0.25, 0.3) is 0 Å². The Morgan fingerprint density at radius 3 is 2.88 bits per heavy atom. The molecule has 0 radical (unpaired) electrons. The van der Waals surface area contributed by atoms with Gasteiger partial charge in [0.2, 0.25) is 0 Å². The molecule has 0 bridgehead atoms. The number of hydrogen-bond donors (Lipinski definition) is 3. The number of aliphatic hydroxyl groups is 1. The van der Waals surface area contributed by atoms with Gasteiger partial charge in [-0.3, -0.25) is 0 Å². The molecule has 0 aliphatic heterocycles. The highest BCUT2D eigenvalue weighted by Gasteiger charge is 2.27. The van der Waals surface area contributed by atoms with Gasteiger partial charge in [-0.1, -0.05) is 11.6 Å².